The van der Waals surface area contributed by atoms with Gasteiger partial charge in [0, 0.05) is 10.6 Å². The molecule has 2 aromatic carbocycles. The summed E-state index contributed by atoms with van der Waals surface area (Å²) >= 11 is 11.8. The van der Waals surface area contributed by atoms with Gasteiger partial charge in [-0.25, -0.2) is 0 Å². The fourth-order valence-electron chi connectivity index (χ4n) is 2.61. The van der Waals surface area contributed by atoms with E-state index < -0.39 is 29.9 Å². The number of carbonyl (C=O) groups is 1. The van der Waals surface area contributed by atoms with Gasteiger partial charge in [0.1, 0.15) is 5.71 Å². The van der Waals surface area contributed by atoms with E-state index in [0.717, 1.165) is 0 Å². The van der Waals surface area contributed by atoms with Gasteiger partial charge in [0.15, 0.2) is 5.72 Å². The summed E-state index contributed by atoms with van der Waals surface area (Å²) in [6, 6.07) is 11.3. The Morgan fingerprint density at radius 3 is 2.31 bits per heavy atom. The Kier molecular flexibility index (Phi) is 4.72. The SMILES string of the molecule is O=C(c1ccccc1Cl)N1N=C(C(F)(F)F)C[C@]1(O)c1ccc(Cl)cc1. The Balaban J connectivity index is 2.10. The van der Waals surface area contributed by atoms with Gasteiger partial charge in [-0.15, -0.1) is 0 Å². The van der Waals surface area contributed by atoms with E-state index in [-0.39, 0.29) is 16.1 Å². The van der Waals surface area contributed by atoms with E-state index in [1.807, 2.05) is 0 Å². The van der Waals surface area contributed by atoms with Crippen molar-refractivity contribution < 1.29 is 23.1 Å². The molecular weight excluding hydrogens is 392 g/mol. The molecule has 1 N–H and O–H groups in total. The van der Waals surface area contributed by atoms with Crippen LogP contribution in [0.1, 0.15) is 22.3 Å². The molecule has 1 amide bonds. The predicted octanol–water partition coefficient (Wildman–Crippen LogP) is 4.60. The van der Waals surface area contributed by atoms with Crippen molar-refractivity contribution in [3.8, 4) is 0 Å². The summed E-state index contributed by atoms with van der Waals surface area (Å²) in [7, 11) is 0. The second kappa shape index (κ2) is 6.57. The average Bonchev–Trinajstić information content (AvgIpc) is 2.94. The van der Waals surface area contributed by atoms with Crippen molar-refractivity contribution in [1.82, 2.24) is 5.01 Å². The molecule has 1 heterocycles. The van der Waals surface area contributed by atoms with Crippen molar-refractivity contribution >= 4 is 34.8 Å². The number of carbonyl (C=O) groups excluding carboxylic acids is 1. The number of alkyl halides is 3. The molecule has 9 heteroatoms. The third-order valence-electron chi connectivity index (χ3n) is 3.92. The highest BCUT2D eigenvalue weighted by Gasteiger charge is 2.53. The zero-order valence-corrected chi connectivity index (χ0v) is 14.5. The smallest absolute Gasteiger partial charge is 0.365 e. The summed E-state index contributed by atoms with van der Waals surface area (Å²) in [6.07, 6.45) is -5.70. The number of hydrogen-bond donors (Lipinski definition) is 1. The summed E-state index contributed by atoms with van der Waals surface area (Å²) in [5, 5.41) is 15.1. The number of rotatable bonds is 2. The lowest BCUT2D eigenvalue weighted by Gasteiger charge is -2.31. The van der Waals surface area contributed by atoms with E-state index in [4.69, 9.17) is 23.2 Å². The fraction of sp³-hybridized carbons (Fsp3) is 0.176. The molecule has 0 aliphatic carbocycles. The lowest BCUT2D eigenvalue weighted by molar-refractivity contribution is -0.0815. The quantitative estimate of drug-likeness (QED) is 0.797. The molecular formula is C17H11Cl2F3N2O2. The highest BCUT2D eigenvalue weighted by atomic mass is 35.5. The summed E-state index contributed by atoms with van der Waals surface area (Å²) in [6.45, 7) is 0. The number of hydrazone groups is 1. The maximum absolute atomic E-state index is 13.2. The van der Waals surface area contributed by atoms with Crippen molar-refractivity contribution in [2.24, 2.45) is 5.10 Å². The molecule has 0 spiro atoms. The van der Waals surface area contributed by atoms with E-state index in [1.54, 1.807) is 6.07 Å². The Labute approximate surface area is 156 Å². The minimum atomic E-state index is -4.80. The number of hydrogen-bond acceptors (Lipinski definition) is 3. The number of halogens is 5. The number of aliphatic hydroxyl groups is 1. The minimum Gasteiger partial charge on any atom is -0.365 e. The van der Waals surface area contributed by atoms with Gasteiger partial charge in [0.05, 0.1) is 17.0 Å². The Bertz CT molecular complexity index is 884. The Morgan fingerprint density at radius 1 is 1.12 bits per heavy atom. The summed E-state index contributed by atoms with van der Waals surface area (Å²) in [5.74, 6) is -0.952. The second-order valence-electron chi connectivity index (χ2n) is 5.64. The zero-order chi connectivity index (χ0) is 19.1. The van der Waals surface area contributed by atoms with Crippen LogP contribution in [0.25, 0.3) is 0 Å². The van der Waals surface area contributed by atoms with Gasteiger partial charge in [-0.1, -0.05) is 47.5 Å². The maximum Gasteiger partial charge on any atom is 0.431 e. The summed E-state index contributed by atoms with van der Waals surface area (Å²) in [4.78, 5) is 12.8. The summed E-state index contributed by atoms with van der Waals surface area (Å²) < 4.78 is 39.5. The van der Waals surface area contributed by atoms with Crippen LogP contribution >= 0.6 is 23.2 Å². The first-order valence-electron chi connectivity index (χ1n) is 7.35. The Hall–Kier alpha value is -2.09. The molecule has 4 nitrogen and oxygen atoms in total. The van der Waals surface area contributed by atoms with E-state index in [2.05, 4.69) is 5.10 Å². The van der Waals surface area contributed by atoms with Crippen molar-refractivity contribution in [2.75, 3.05) is 0 Å². The molecule has 136 valence electrons. The van der Waals surface area contributed by atoms with Crippen LogP contribution in [-0.4, -0.2) is 27.9 Å². The van der Waals surface area contributed by atoms with E-state index in [1.165, 1.54) is 42.5 Å². The molecule has 0 saturated carbocycles. The van der Waals surface area contributed by atoms with Gasteiger partial charge in [-0.05, 0) is 24.3 Å². The lowest BCUT2D eigenvalue weighted by atomic mass is 9.96. The maximum atomic E-state index is 13.2. The molecule has 1 aliphatic rings. The van der Waals surface area contributed by atoms with Crippen LogP contribution < -0.4 is 0 Å². The Morgan fingerprint density at radius 2 is 1.73 bits per heavy atom. The van der Waals surface area contributed by atoms with E-state index in [0.29, 0.717) is 10.0 Å². The number of nitrogens with zero attached hydrogens (tertiary/aromatic N) is 2. The molecule has 1 aliphatic heterocycles. The van der Waals surface area contributed by atoms with Gasteiger partial charge < -0.3 is 5.11 Å². The molecule has 1 atom stereocenters. The third-order valence-corrected chi connectivity index (χ3v) is 4.50. The molecule has 2 aromatic rings. The first-order valence-corrected chi connectivity index (χ1v) is 8.11. The second-order valence-corrected chi connectivity index (χ2v) is 6.49. The fourth-order valence-corrected chi connectivity index (χ4v) is 2.95. The molecule has 0 saturated heterocycles. The molecule has 0 bridgehead atoms. The van der Waals surface area contributed by atoms with Crippen LogP contribution in [0.2, 0.25) is 10.0 Å². The first-order chi connectivity index (χ1) is 12.1. The van der Waals surface area contributed by atoms with Crippen LogP contribution in [0.3, 0.4) is 0 Å². The highest BCUT2D eigenvalue weighted by Crippen LogP contribution is 2.41. The van der Waals surface area contributed by atoms with Crippen molar-refractivity contribution in [2.45, 2.75) is 18.3 Å². The predicted molar refractivity (Wildman–Crippen MR) is 91.1 cm³/mol. The topological polar surface area (TPSA) is 52.9 Å². The van der Waals surface area contributed by atoms with Gasteiger partial charge in [-0.2, -0.15) is 23.3 Å². The van der Waals surface area contributed by atoms with Gasteiger partial charge >= 0.3 is 6.18 Å². The van der Waals surface area contributed by atoms with Gasteiger partial charge in [0.2, 0.25) is 0 Å². The monoisotopic (exact) mass is 402 g/mol. The third kappa shape index (κ3) is 3.30. The zero-order valence-electron chi connectivity index (χ0n) is 13.0. The van der Waals surface area contributed by atoms with Crippen LogP contribution in [0.15, 0.2) is 53.6 Å². The van der Waals surface area contributed by atoms with E-state index >= 15 is 0 Å². The van der Waals surface area contributed by atoms with Crippen molar-refractivity contribution in [1.29, 1.82) is 0 Å². The molecule has 3 rings (SSSR count). The number of amides is 1. The lowest BCUT2D eigenvalue weighted by Crippen LogP contribution is -2.43. The molecule has 0 aromatic heterocycles. The molecule has 0 unspecified atom stereocenters. The normalized spacial score (nSPS) is 20.2. The van der Waals surface area contributed by atoms with Gasteiger partial charge in [0.25, 0.3) is 5.91 Å². The number of benzene rings is 2. The van der Waals surface area contributed by atoms with Crippen molar-refractivity contribution in [3.05, 3.63) is 69.7 Å². The molecule has 0 radical (unpaired) electrons. The van der Waals surface area contributed by atoms with Crippen LogP contribution in [0.4, 0.5) is 13.2 Å². The largest absolute Gasteiger partial charge is 0.431 e. The first kappa shape index (κ1) is 18.7. The van der Waals surface area contributed by atoms with Crippen LogP contribution in [0.5, 0.6) is 0 Å². The molecule has 26 heavy (non-hydrogen) atoms. The van der Waals surface area contributed by atoms with Crippen LogP contribution in [0, 0.1) is 0 Å². The van der Waals surface area contributed by atoms with Gasteiger partial charge in [-0.3, -0.25) is 4.79 Å². The average molecular weight is 403 g/mol. The summed E-state index contributed by atoms with van der Waals surface area (Å²) in [5.41, 5.74) is -3.61. The standard InChI is InChI=1S/C17H11Cl2F3N2O2/c18-11-7-5-10(6-8-11)16(26)9-14(17(20,21)22)23-24(16)15(25)12-3-1-2-4-13(12)19/h1-8,26H,9H2/t16-/m0/s1. The van der Waals surface area contributed by atoms with Crippen LogP contribution in [-0.2, 0) is 5.72 Å². The van der Waals surface area contributed by atoms with E-state index in [9.17, 15) is 23.1 Å². The van der Waals surface area contributed by atoms with Crippen molar-refractivity contribution in [3.63, 3.8) is 0 Å². The molecule has 0 fully saturated rings. The highest BCUT2D eigenvalue weighted by molar-refractivity contribution is 6.33. The minimum absolute atomic E-state index is 0.0339.